The number of hydrogen-bond donors (Lipinski definition) is 0. The number of hydrogen-bond acceptors (Lipinski definition) is 3. The number of carbonyl (C=O) groups excluding carboxylic acids is 1. The fourth-order valence-electron chi connectivity index (χ4n) is 3.35. The molecule has 2 aromatic rings. The van der Waals surface area contributed by atoms with Gasteiger partial charge in [-0.15, -0.1) is 0 Å². The van der Waals surface area contributed by atoms with E-state index in [0.717, 1.165) is 35.1 Å². The largest absolute Gasteiger partial charge is 0.353 e. The van der Waals surface area contributed by atoms with Gasteiger partial charge in [-0.05, 0) is 37.8 Å². The van der Waals surface area contributed by atoms with E-state index in [1.54, 1.807) is 0 Å². The number of carbonyl (C=O) groups is 1. The zero-order chi connectivity index (χ0) is 14.7. The standard InChI is InChI=1S/C18H22N2O/c1-2-7-16-9-5-6-11-20(16)18-15(13-21)12-14-8-3-4-10-17(14)19-18/h3-4,8,10,12-13,16H,2,5-7,9,11H2,1H3. The number of piperidine rings is 1. The maximum atomic E-state index is 11.5. The van der Waals surface area contributed by atoms with Gasteiger partial charge in [0.05, 0.1) is 11.1 Å². The van der Waals surface area contributed by atoms with E-state index in [2.05, 4.69) is 11.8 Å². The van der Waals surface area contributed by atoms with Gasteiger partial charge in [-0.1, -0.05) is 31.5 Å². The monoisotopic (exact) mass is 282 g/mol. The van der Waals surface area contributed by atoms with Crippen LogP contribution in [0, 0.1) is 0 Å². The van der Waals surface area contributed by atoms with Crippen LogP contribution in [-0.2, 0) is 0 Å². The SMILES string of the molecule is CCCC1CCCCN1c1nc2ccccc2cc1C=O. The summed E-state index contributed by atoms with van der Waals surface area (Å²) in [6.45, 7) is 3.23. The number of benzene rings is 1. The molecular formula is C18H22N2O. The van der Waals surface area contributed by atoms with Gasteiger partial charge in [-0.25, -0.2) is 4.98 Å². The minimum absolute atomic E-state index is 0.524. The van der Waals surface area contributed by atoms with Crippen molar-refractivity contribution in [1.82, 2.24) is 4.98 Å². The average molecular weight is 282 g/mol. The van der Waals surface area contributed by atoms with E-state index in [1.165, 1.54) is 32.1 Å². The molecule has 21 heavy (non-hydrogen) atoms. The molecule has 0 bridgehead atoms. The fraction of sp³-hybridized carbons (Fsp3) is 0.444. The first-order chi connectivity index (χ1) is 10.3. The van der Waals surface area contributed by atoms with E-state index in [-0.39, 0.29) is 0 Å². The van der Waals surface area contributed by atoms with Gasteiger partial charge in [-0.2, -0.15) is 0 Å². The second-order valence-electron chi connectivity index (χ2n) is 5.84. The Labute approximate surface area is 126 Å². The quantitative estimate of drug-likeness (QED) is 0.788. The number of aldehydes is 1. The lowest BCUT2D eigenvalue weighted by Gasteiger charge is -2.37. The Balaban J connectivity index is 2.06. The molecule has 1 aliphatic rings. The zero-order valence-corrected chi connectivity index (χ0v) is 12.6. The van der Waals surface area contributed by atoms with Crippen LogP contribution in [-0.4, -0.2) is 23.9 Å². The number of aromatic nitrogens is 1. The summed E-state index contributed by atoms with van der Waals surface area (Å²) in [5, 5.41) is 1.03. The van der Waals surface area contributed by atoms with E-state index in [0.29, 0.717) is 6.04 Å². The molecule has 1 aliphatic heterocycles. The van der Waals surface area contributed by atoms with Crippen molar-refractivity contribution in [3.63, 3.8) is 0 Å². The maximum absolute atomic E-state index is 11.5. The number of nitrogens with zero attached hydrogens (tertiary/aromatic N) is 2. The molecule has 0 radical (unpaired) electrons. The first-order valence-corrected chi connectivity index (χ1v) is 7.95. The number of anilines is 1. The van der Waals surface area contributed by atoms with Crippen LogP contribution in [0.1, 0.15) is 49.4 Å². The average Bonchev–Trinajstić information content (AvgIpc) is 2.54. The van der Waals surface area contributed by atoms with E-state index in [9.17, 15) is 4.79 Å². The molecule has 1 fully saturated rings. The van der Waals surface area contributed by atoms with E-state index < -0.39 is 0 Å². The topological polar surface area (TPSA) is 33.2 Å². The highest BCUT2D eigenvalue weighted by Crippen LogP contribution is 2.30. The third-order valence-corrected chi connectivity index (χ3v) is 4.38. The van der Waals surface area contributed by atoms with Crippen LogP contribution in [0.5, 0.6) is 0 Å². The molecule has 1 saturated heterocycles. The van der Waals surface area contributed by atoms with Gasteiger partial charge in [0.2, 0.25) is 0 Å². The highest BCUT2D eigenvalue weighted by atomic mass is 16.1. The molecule has 0 aliphatic carbocycles. The van der Waals surface area contributed by atoms with Gasteiger partial charge in [0.15, 0.2) is 6.29 Å². The van der Waals surface area contributed by atoms with Crippen LogP contribution in [0.4, 0.5) is 5.82 Å². The van der Waals surface area contributed by atoms with E-state index >= 15 is 0 Å². The summed E-state index contributed by atoms with van der Waals surface area (Å²) in [4.78, 5) is 18.7. The Kier molecular flexibility index (Phi) is 4.18. The molecule has 0 N–H and O–H groups in total. The van der Waals surface area contributed by atoms with Gasteiger partial charge in [-0.3, -0.25) is 4.79 Å². The predicted octanol–water partition coefficient (Wildman–Crippen LogP) is 4.21. The second-order valence-corrected chi connectivity index (χ2v) is 5.84. The van der Waals surface area contributed by atoms with Crippen molar-refractivity contribution in [3.8, 4) is 0 Å². The first-order valence-electron chi connectivity index (χ1n) is 7.95. The Morgan fingerprint density at radius 2 is 2.19 bits per heavy atom. The molecule has 1 aromatic heterocycles. The third-order valence-electron chi connectivity index (χ3n) is 4.38. The van der Waals surface area contributed by atoms with E-state index in [4.69, 9.17) is 4.98 Å². The lowest BCUT2D eigenvalue weighted by Crippen LogP contribution is -2.40. The molecule has 3 heteroatoms. The molecule has 1 unspecified atom stereocenters. The highest BCUT2D eigenvalue weighted by Gasteiger charge is 2.25. The van der Waals surface area contributed by atoms with Crippen molar-refractivity contribution in [2.24, 2.45) is 0 Å². The predicted molar refractivity (Wildman–Crippen MR) is 87.0 cm³/mol. The van der Waals surface area contributed by atoms with Gasteiger partial charge < -0.3 is 4.90 Å². The number of para-hydroxylation sites is 1. The zero-order valence-electron chi connectivity index (χ0n) is 12.6. The van der Waals surface area contributed by atoms with E-state index in [1.807, 2.05) is 30.3 Å². The second kappa shape index (κ2) is 6.25. The van der Waals surface area contributed by atoms with Gasteiger partial charge in [0.1, 0.15) is 5.82 Å². The Hall–Kier alpha value is -1.90. The molecule has 0 spiro atoms. The van der Waals surface area contributed by atoms with Gasteiger partial charge >= 0.3 is 0 Å². The van der Waals surface area contributed by atoms with Crippen molar-refractivity contribution >= 4 is 23.0 Å². The molecule has 1 atom stereocenters. The lowest BCUT2D eigenvalue weighted by atomic mass is 9.97. The summed E-state index contributed by atoms with van der Waals surface area (Å²) in [5.41, 5.74) is 1.69. The van der Waals surface area contributed by atoms with Crippen LogP contribution in [0.3, 0.4) is 0 Å². The normalized spacial score (nSPS) is 18.9. The van der Waals surface area contributed by atoms with Crippen LogP contribution in [0.15, 0.2) is 30.3 Å². The van der Waals surface area contributed by atoms with Crippen molar-refractivity contribution in [2.45, 2.75) is 45.1 Å². The Morgan fingerprint density at radius 3 is 3.00 bits per heavy atom. The summed E-state index contributed by atoms with van der Waals surface area (Å²) in [6, 6.07) is 10.5. The Morgan fingerprint density at radius 1 is 1.33 bits per heavy atom. The van der Waals surface area contributed by atoms with Gasteiger partial charge in [0, 0.05) is 18.0 Å². The summed E-state index contributed by atoms with van der Waals surface area (Å²) in [6.07, 6.45) is 6.98. The van der Waals surface area contributed by atoms with Crippen LogP contribution in [0.25, 0.3) is 10.9 Å². The first kappa shape index (κ1) is 14.1. The van der Waals surface area contributed by atoms with Crippen molar-refractivity contribution in [2.75, 3.05) is 11.4 Å². The highest BCUT2D eigenvalue weighted by molar-refractivity contribution is 5.91. The van der Waals surface area contributed by atoms with Crippen LogP contribution in [0.2, 0.25) is 0 Å². The molecule has 0 saturated carbocycles. The van der Waals surface area contributed by atoms with Crippen molar-refractivity contribution in [3.05, 3.63) is 35.9 Å². The Bertz CT molecular complexity index is 636. The molecule has 110 valence electrons. The molecule has 1 aromatic carbocycles. The summed E-state index contributed by atoms with van der Waals surface area (Å²) < 4.78 is 0. The number of pyridine rings is 1. The maximum Gasteiger partial charge on any atom is 0.153 e. The minimum Gasteiger partial charge on any atom is -0.353 e. The summed E-state index contributed by atoms with van der Waals surface area (Å²) >= 11 is 0. The molecule has 3 rings (SSSR count). The lowest BCUT2D eigenvalue weighted by molar-refractivity contribution is 0.112. The van der Waals surface area contributed by atoms with Crippen molar-refractivity contribution in [1.29, 1.82) is 0 Å². The number of fused-ring (bicyclic) bond motifs is 1. The smallest absolute Gasteiger partial charge is 0.153 e. The number of rotatable bonds is 4. The molecule has 2 heterocycles. The summed E-state index contributed by atoms with van der Waals surface area (Å²) in [5.74, 6) is 0.877. The molecule has 3 nitrogen and oxygen atoms in total. The third kappa shape index (κ3) is 2.78. The van der Waals surface area contributed by atoms with Gasteiger partial charge in [0.25, 0.3) is 0 Å². The molecule has 0 amide bonds. The van der Waals surface area contributed by atoms with Crippen molar-refractivity contribution < 1.29 is 4.79 Å². The summed E-state index contributed by atoms with van der Waals surface area (Å²) in [7, 11) is 0. The van der Waals surface area contributed by atoms with Crippen LogP contribution < -0.4 is 4.90 Å². The fourth-order valence-corrected chi connectivity index (χ4v) is 3.35. The minimum atomic E-state index is 0.524. The van der Waals surface area contributed by atoms with Crippen LogP contribution >= 0.6 is 0 Å². The molecular weight excluding hydrogens is 260 g/mol.